The maximum Gasteiger partial charge on any atom is 0.319 e. The Morgan fingerprint density at radius 3 is 2.63 bits per heavy atom. The molecule has 0 saturated carbocycles. The van der Waals surface area contributed by atoms with Gasteiger partial charge in [0, 0.05) is 29.8 Å². The first-order valence-corrected chi connectivity index (χ1v) is 10.4. The minimum absolute atomic E-state index is 0.117. The molecule has 3 rings (SSSR count). The number of carbonyl (C=O) groups is 2. The zero-order valence-electron chi connectivity index (χ0n) is 17.9. The van der Waals surface area contributed by atoms with Gasteiger partial charge in [-0.15, -0.1) is 0 Å². The molecular formula is C22H31N5O3. The van der Waals surface area contributed by atoms with Crippen LogP contribution in [0.4, 0.5) is 16.4 Å². The van der Waals surface area contributed by atoms with E-state index in [-0.39, 0.29) is 29.9 Å². The summed E-state index contributed by atoms with van der Waals surface area (Å²) in [5.74, 6) is 0.214. The molecule has 1 fully saturated rings. The van der Waals surface area contributed by atoms with Gasteiger partial charge >= 0.3 is 6.03 Å². The molecule has 8 heteroatoms. The van der Waals surface area contributed by atoms with Crippen LogP contribution in [0.3, 0.4) is 0 Å². The second-order valence-electron chi connectivity index (χ2n) is 8.70. The van der Waals surface area contributed by atoms with E-state index in [1.807, 2.05) is 51.1 Å². The highest BCUT2D eigenvalue weighted by Crippen LogP contribution is 2.24. The number of para-hydroxylation sites is 1. The first-order chi connectivity index (χ1) is 14.3. The van der Waals surface area contributed by atoms with Crippen LogP contribution in [-0.2, 0) is 10.2 Å². The largest absolute Gasteiger partial charge is 0.338 e. The van der Waals surface area contributed by atoms with Gasteiger partial charge in [0.1, 0.15) is 0 Å². The summed E-state index contributed by atoms with van der Waals surface area (Å²) in [5.41, 5.74) is 1.40. The summed E-state index contributed by atoms with van der Waals surface area (Å²) in [6.45, 7) is 7.67. The normalized spacial score (nSPS) is 17.4. The van der Waals surface area contributed by atoms with Crippen molar-refractivity contribution in [3.8, 4) is 0 Å². The van der Waals surface area contributed by atoms with Crippen LogP contribution >= 0.6 is 0 Å². The number of carbonyl (C=O) groups excluding carboxylic acids is 2. The summed E-state index contributed by atoms with van der Waals surface area (Å²) in [5, 5.41) is 12.6. The zero-order chi connectivity index (χ0) is 21.6. The third kappa shape index (κ3) is 6.32. The van der Waals surface area contributed by atoms with Gasteiger partial charge in [0.15, 0.2) is 0 Å². The molecule has 3 amide bonds. The molecule has 1 atom stereocenters. The Kier molecular flexibility index (Phi) is 7.10. The van der Waals surface area contributed by atoms with Gasteiger partial charge in [-0.05, 0) is 31.5 Å². The average molecular weight is 414 g/mol. The van der Waals surface area contributed by atoms with Gasteiger partial charge in [-0.2, -0.15) is 0 Å². The van der Waals surface area contributed by atoms with Crippen molar-refractivity contribution in [2.45, 2.75) is 51.5 Å². The number of piperidine rings is 1. The van der Waals surface area contributed by atoms with Crippen molar-refractivity contribution in [1.29, 1.82) is 0 Å². The van der Waals surface area contributed by atoms with Gasteiger partial charge in [0.05, 0.1) is 12.2 Å². The number of benzene rings is 1. The number of amides is 3. The van der Waals surface area contributed by atoms with E-state index in [1.165, 1.54) is 0 Å². The molecule has 2 aromatic rings. The van der Waals surface area contributed by atoms with E-state index in [0.29, 0.717) is 12.4 Å². The molecule has 1 unspecified atom stereocenters. The van der Waals surface area contributed by atoms with Crippen LogP contribution in [-0.4, -0.2) is 47.7 Å². The van der Waals surface area contributed by atoms with Crippen LogP contribution < -0.4 is 16.0 Å². The van der Waals surface area contributed by atoms with Crippen LogP contribution in [0, 0.1) is 0 Å². The van der Waals surface area contributed by atoms with Crippen molar-refractivity contribution in [1.82, 2.24) is 15.4 Å². The summed E-state index contributed by atoms with van der Waals surface area (Å²) >= 11 is 0. The van der Waals surface area contributed by atoms with E-state index in [0.717, 1.165) is 37.2 Å². The van der Waals surface area contributed by atoms with Crippen molar-refractivity contribution in [2.24, 2.45) is 0 Å². The molecule has 1 aromatic heterocycles. The lowest BCUT2D eigenvalue weighted by atomic mass is 9.92. The van der Waals surface area contributed by atoms with Gasteiger partial charge in [-0.1, -0.05) is 50.5 Å². The molecule has 0 bridgehead atoms. The quantitative estimate of drug-likeness (QED) is 0.672. The lowest BCUT2D eigenvalue weighted by Crippen LogP contribution is -2.49. The van der Waals surface area contributed by atoms with Crippen molar-refractivity contribution in [3.05, 3.63) is 42.1 Å². The molecule has 1 aliphatic rings. The number of likely N-dealkylation sites (tertiary alicyclic amines) is 1. The average Bonchev–Trinajstić information content (AvgIpc) is 3.17. The third-order valence-corrected chi connectivity index (χ3v) is 5.17. The predicted molar refractivity (Wildman–Crippen MR) is 117 cm³/mol. The Morgan fingerprint density at radius 2 is 1.93 bits per heavy atom. The van der Waals surface area contributed by atoms with Crippen molar-refractivity contribution >= 4 is 23.5 Å². The number of anilines is 2. The molecule has 1 aromatic carbocycles. The number of hydrogen-bond acceptors (Lipinski definition) is 5. The smallest absolute Gasteiger partial charge is 0.319 e. The van der Waals surface area contributed by atoms with Gasteiger partial charge in [-0.3, -0.25) is 15.0 Å². The SMILES string of the molecule is CC(C)(C)c1cc(NC(=O)CN2CCCCC2CNC(=O)Nc2ccccc2)on1. The maximum atomic E-state index is 12.5. The summed E-state index contributed by atoms with van der Waals surface area (Å²) in [7, 11) is 0. The highest BCUT2D eigenvalue weighted by molar-refractivity contribution is 5.91. The minimum atomic E-state index is -0.243. The lowest BCUT2D eigenvalue weighted by molar-refractivity contribution is -0.118. The highest BCUT2D eigenvalue weighted by atomic mass is 16.5. The molecule has 0 spiro atoms. The predicted octanol–water partition coefficient (Wildman–Crippen LogP) is 3.59. The Hall–Kier alpha value is -2.87. The molecular weight excluding hydrogens is 382 g/mol. The molecule has 0 radical (unpaired) electrons. The molecule has 1 aliphatic heterocycles. The van der Waals surface area contributed by atoms with Crippen LogP contribution in [0.25, 0.3) is 0 Å². The van der Waals surface area contributed by atoms with Gasteiger partial charge < -0.3 is 15.2 Å². The van der Waals surface area contributed by atoms with Crippen LogP contribution in [0.1, 0.15) is 45.7 Å². The van der Waals surface area contributed by atoms with Crippen LogP contribution in [0.5, 0.6) is 0 Å². The summed E-state index contributed by atoms with van der Waals surface area (Å²) in [4.78, 5) is 26.8. The van der Waals surface area contributed by atoms with Crippen molar-refractivity contribution in [2.75, 3.05) is 30.3 Å². The lowest BCUT2D eigenvalue weighted by Gasteiger charge is -2.35. The van der Waals surface area contributed by atoms with Crippen molar-refractivity contribution in [3.63, 3.8) is 0 Å². The second-order valence-corrected chi connectivity index (χ2v) is 8.70. The second kappa shape index (κ2) is 9.75. The summed E-state index contributed by atoms with van der Waals surface area (Å²) in [6.07, 6.45) is 3.06. The fourth-order valence-electron chi connectivity index (χ4n) is 3.46. The van der Waals surface area contributed by atoms with Gasteiger partial charge in [0.25, 0.3) is 0 Å². The monoisotopic (exact) mass is 413 g/mol. The third-order valence-electron chi connectivity index (χ3n) is 5.17. The van der Waals surface area contributed by atoms with Gasteiger partial charge in [0.2, 0.25) is 11.8 Å². The number of nitrogens with one attached hydrogen (secondary N) is 3. The Labute approximate surface area is 177 Å². The first-order valence-electron chi connectivity index (χ1n) is 10.4. The molecule has 8 nitrogen and oxygen atoms in total. The first kappa shape index (κ1) is 21.8. The Morgan fingerprint density at radius 1 is 1.17 bits per heavy atom. The number of urea groups is 1. The van der Waals surface area contributed by atoms with Crippen molar-refractivity contribution < 1.29 is 14.1 Å². The maximum absolute atomic E-state index is 12.5. The Bertz CT molecular complexity index is 844. The van der Waals surface area contributed by atoms with E-state index in [2.05, 4.69) is 26.0 Å². The van der Waals surface area contributed by atoms with E-state index in [1.54, 1.807) is 6.07 Å². The molecule has 30 heavy (non-hydrogen) atoms. The number of hydrogen-bond donors (Lipinski definition) is 3. The standard InChI is InChI=1S/C22H31N5O3/c1-22(2,3)18-13-20(30-26-18)25-19(28)15-27-12-8-7-11-17(27)14-23-21(29)24-16-9-5-4-6-10-16/h4-6,9-10,13,17H,7-8,11-12,14-15H2,1-3H3,(H,25,28)(H2,23,24,29). The molecule has 1 saturated heterocycles. The van der Waals surface area contributed by atoms with E-state index < -0.39 is 0 Å². The zero-order valence-corrected chi connectivity index (χ0v) is 17.9. The van der Waals surface area contributed by atoms with E-state index in [9.17, 15) is 9.59 Å². The summed E-state index contributed by atoms with van der Waals surface area (Å²) in [6, 6.07) is 11.0. The van der Waals surface area contributed by atoms with E-state index >= 15 is 0 Å². The number of rotatable bonds is 6. The topological polar surface area (TPSA) is 99.5 Å². The minimum Gasteiger partial charge on any atom is -0.338 e. The summed E-state index contributed by atoms with van der Waals surface area (Å²) < 4.78 is 5.25. The number of nitrogens with zero attached hydrogens (tertiary/aromatic N) is 2. The highest BCUT2D eigenvalue weighted by Gasteiger charge is 2.25. The number of aromatic nitrogens is 1. The fraction of sp³-hybridized carbons (Fsp3) is 0.500. The van der Waals surface area contributed by atoms with Gasteiger partial charge in [-0.25, -0.2) is 4.79 Å². The Balaban J connectivity index is 1.49. The van der Waals surface area contributed by atoms with Crippen LogP contribution in [0.2, 0.25) is 0 Å². The fourth-order valence-corrected chi connectivity index (χ4v) is 3.46. The molecule has 162 valence electrons. The molecule has 0 aliphatic carbocycles. The molecule has 3 N–H and O–H groups in total. The van der Waals surface area contributed by atoms with E-state index in [4.69, 9.17) is 4.52 Å². The molecule has 2 heterocycles. The van der Waals surface area contributed by atoms with Crippen LogP contribution in [0.15, 0.2) is 40.9 Å².